The Bertz CT molecular complexity index is 686. The van der Waals surface area contributed by atoms with Gasteiger partial charge < -0.3 is 20.1 Å². The molecule has 2 aliphatic heterocycles. The van der Waals surface area contributed by atoms with Crippen LogP contribution in [0.4, 0.5) is 5.69 Å². The van der Waals surface area contributed by atoms with E-state index in [1.54, 1.807) is 4.90 Å². The predicted molar refractivity (Wildman–Crippen MR) is 92.4 cm³/mol. The zero-order valence-electron chi connectivity index (χ0n) is 14.2. The first-order valence-electron chi connectivity index (χ1n) is 9.16. The number of nitrogens with one attached hydrogen (secondary N) is 1. The molecule has 2 fully saturated rings. The Morgan fingerprint density at radius 1 is 1.24 bits per heavy atom. The number of benzene rings is 1. The summed E-state index contributed by atoms with van der Waals surface area (Å²) in [6.07, 6.45) is 3.94. The second-order valence-electron chi connectivity index (χ2n) is 7.29. The third-order valence-electron chi connectivity index (χ3n) is 5.55. The number of β-amino-alcohol motifs (C(OH)–C–C–N with tert-alkyl or cyclic N) is 1. The van der Waals surface area contributed by atoms with Gasteiger partial charge in [0.15, 0.2) is 0 Å². The number of likely N-dealkylation sites (tertiary alicyclic amines) is 1. The van der Waals surface area contributed by atoms with Crippen molar-refractivity contribution in [1.82, 2.24) is 4.90 Å². The Labute approximate surface area is 147 Å². The first kappa shape index (κ1) is 16.4. The van der Waals surface area contributed by atoms with E-state index in [9.17, 15) is 14.7 Å². The number of nitrogens with zero attached hydrogens (tertiary/aromatic N) is 1. The Kier molecular flexibility index (Phi) is 4.37. The molecule has 3 aliphatic rings. The molecular weight excluding hydrogens is 320 g/mol. The molecule has 1 aliphatic carbocycles. The molecule has 2 atom stereocenters. The van der Waals surface area contributed by atoms with Crippen molar-refractivity contribution in [2.24, 2.45) is 5.92 Å². The predicted octanol–water partition coefficient (Wildman–Crippen LogP) is 1.71. The van der Waals surface area contributed by atoms with E-state index in [2.05, 4.69) is 5.32 Å². The average molecular weight is 344 g/mol. The lowest BCUT2D eigenvalue weighted by Crippen LogP contribution is -2.53. The third-order valence-corrected chi connectivity index (χ3v) is 5.55. The fourth-order valence-electron chi connectivity index (χ4n) is 3.76. The summed E-state index contributed by atoms with van der Waals surface area (Å²) in [5.41, 5.74) is 1.90. The van der Waals surface area contributed by atoms with E-state index < -0.39 is 6.10 Å². The van der Waals surface area contributed by atoms with Gasteiger partial charge in [-0.1, -0.05) is 12.5 Å². The van der Waals surface area contributed by atoms with Crippen LogP contribution in [-0.4, -0.2) is 47.1 Å². The molecule has 1 saturated heterocycles. The molecule has 25 heavy (non-hydrogen) atoms. The number of amides is 2. The van der Waals surface area contributed by atoms with Crippen LogP contribution >= 0.6 is 0 Å². The van der Waals surface area contributed by atoms with Crippen molar-refractivity contribution < 1.29 is 19.4 Å². The highest BCUT2D eigenvalue weighted by atomic mass is 16.5. The second kappa shape index (κ2) is 6.67. The van der Waals surface area contributed by atoms with Gasteiger partial charge in [0, 0.05) is 37.1 Å². The summed E-state index contributed by atoms with van der Waals surface area (Å²) in [7, 11) is 0. The monoisotopic (exact) mass is 344 g/mol. The number of fused-ring (bicyclic) bond motifs is 1. The van der Waals surface area contributed by atoms with E-state index in [1.807, 2.05) is 18.2 Å². The van der Waals surface area contributed by atoms with Crippen LogP contribution in [0.1, 0.15) is 37.7 Å². The van der Waals surface area contributed by atoms with Gasteiger partial charge in [0.2, 0.25) is 11.8 Å². The molecule has 1 aromatic rings. The van der Waals surface area contributed by atoms with Crippen LogP contribution in [0.15, 0.2) is 18.2 Å². The van der Waals surface area contributed by atoms with E-state index in [4.69, 9.17) is 4.74 Å². The normalized spacial score (nSPS) is 26.4. The zero-order chi connectivity index (χ0) is 17.4. The third kappa shape index (κ3) is 3.35. The minimum absolute atomic E-state index is 0.0208. The lowest BCUT2D eigenvalue weighted by atomic mass is 9.84. The molecule has 0 spiro atoms. The fourth-order valence-corrected chi connectivity index (χ4v) is 3.76. The van der Waals surface area contributed by atoms with Crippen molar-refractivity contribution in [3.05, 3.63) is 23.8 Å². The fraction of sp³-hybridized carbons (Fsp3) is 0.579. The van der Waals surface area contributed by atoms with Gasteiger partial charge in [-0.2, -0.15) is 0 Å². The van der Waals surface area contributed by atoms with Crippen molar-refractivity contribution in [3.63, 3.8) is 0 Å². The number of hydrogen-bond acceptors (Lipinski definition) is 4. The zero-order valence-corrected chi connectivity index (χ0v) is 14.2. The number of aliphatic hydroxyl groups excluding tert-OH is 1. The molecule has 2 amide bonds. The molecule has 0 unspecified atom stereocenters. The summed E-state index contributed by atoms with van der Waals surface area (Å²) in [4.78, 5) is 25.6. The number of anilines is 1. The van der Waals surface area contributed by atoms with Crippen LogP contribution in [0, 0.1) is 5.92 Å². The smallest absolute Gasteiger partial charge is 0.225 e. The largest absolute Gasteiger partial charge is 0.488 e. The molecule has 134 valence electrons. The summed E-state index contributed by atoms with van der Waals surface area (Å²) in [6.45, 7) is 0.959. The van der Waals surface area contributed by atoms with E-state index in [1.165, 1.54) is 0 Å². The Balaban J connectivity index is 1.38. The maximum absolute atomic E-state index is 12.3. The summed E-state index contributed by atoms with van der Waals surface area (Å²) in [5, 5.41) is 13.3. The average Bonchev–Trinajstić information content (AvgIpc) is 2.54. The summed E-state index contributed by atoms with van der Waals surface area (Å²) >= 11 is 0. The van der Waals surface area contributed by atoms with E-state index >= 15 is 0 Å². The van der Waals surface area contributed by atoms with Gasteiger partial charge in [-0.15, -0.1) is 0 Å². The topological polar surface area (TPSA) is 78.9 Å². The lowest BCUT2D eigenvalue weighted by Gasteiger charge is -2.39. The summed E-state index contributed by atoms with van der Waals surface area (Å²) in [6, 6.07) is 5.67. The van der Waals surface area contributed by atoms with Crippen LogP contribution in [0.25, 0.3) is 0 Å². The molecule has 1 saturated carbocycles. The summed E-state index contributed by atoms with van der Waals surface area (Å²) in [5.74, 6) is 1.01. The van der Waals surface area contributed by atoms with Crippen molar-refractivity contribution >= 4 is 17.5 Å². The van der Waals surface area contributed by atoms with Gasteiger partial charge in [-0.3, -0.25) is 9.59 Å². The van der Waals surface area contributed by atoms with Crippen LogP contribution < -0.4 is 10.1 Å². The molecule has 6 nitrogen and oxygen atoms in total. The number of ether oxygens (including phenoxy) is 1. The van der Waals surface area contributed by atoms with Crippen molar-refractivity contribution in [1.29, 1.82) is 0 Å². The highest BCUT2D eigenvalue weighted by Crippen LogP contribution is 2.31. The molecule has 0 bridgehead atoms. The first-order chi connectivity index (χ1) is 12.1. The van der Waals surface area contributed by atoms with Gasteiger partial charge in [0.25, 0.3) is 0 Å². The SMILES string of the molecule is O=C1CCc2ccc(O[C@@H]3CCN(C(=O)C4CCC4)C[C@H]3O)cc2N1. The van der Waals surface area contributed by atoms with Crippen molar-refractivity contribution in [2.45, 2.75) is 50.7 Å². The molecule has 6 heteroatoms. The maximum Gasteiger partial charge on any atom is 0.225 e. The van der Waals surface area contributed by atoms with Crippen LogP contribution in [0.2, 0.25) is 0 Å². The van der Waals surface area contributed by atoms with Gasteiger partial charge >= 0.3 is 0 Å². The van der Waals surface area contributed by atoms with Crippen LogP contribution in [-0.2, 0) is 16.0 Å². The summed E-state index contributed by atoms with van der Waals surface area (Å²) < 4.78 is 5.96. The van der Waals surface area contributed by atoms with Gasteiger partial charge in [-0.25, -0.2) is 0 Å². The number of piperidine rings is 1. The lowest BCUT2D eigenvalue weighted by molar-refractivity contribution is -0.144. The number of rotatable bonds is 3. The Morgan fingerprint density at radius 2 is 2.08 bits per heavy atom. The molecule has 2 N–H and O–H groups in total. The van der Waals surface area contributed by atoms with Crippen molar-refractivity contribution in [2.75, 3.05) is 18.4 Å². The standard InChI is InChI=1S/C19H24N2O4/c22-16-11-21(19(24)13-2-1-3-13)9-8-17(16)25-14-6-4-12-5-7-18(23)20-15(12)10-14/h4,6,10,13,16-17,22H,1-3,5,7-9,11H2,(H,20,23)/t16-,17-/m1/s1. The van der Waals surface area contributed by atoms with E-state index in [-0.39, 0.29) is 23.8 Å². The van der Waals surface area contributed by atoms with Crippen molar-refractivity contribution in [3.8, 4) is 5.75 Å². The highest BCUT2D eigenvalue weighted by Gasteiger charge is 2.36. The molecule has 0 aromatic heterocycles. The molecule has 0 radical (unpaired) electrons. The highest BCUT2D eigenvalue weighted by molar-refractivity contribution is 5.94. The minimum atomic E-state index is -0.691. The number of carbonyl (C=O) groups is 2. The van der Waals surface area contributed by atoms with Gasteiger partial charge in [0.05, 0.1) is 6.54 Å². The molecule has 1 aromatic carbocycles. The van der Waals surface area contributed by atoms with Crippen LogP contribution in [0.5, 0.6) is 5.75 Å². The molecule has 2 heterocycles. The van der Waals surface area contributed by atoms with E-state index in [0.717, 1.165) is 36.9 Å². The number of carbonyl (C=O) groups excluding carboxylic acids is 2. The minimum Gasteiger partial charge on any atom is -0.488 e. The maximum atomic E-state index is 12.3. The van der Waals surface area contributed by atoms with E-state index in [0.29, 0.717) is 31.7 Å². The molecular formula is C19H24N2O4. The first-order valence-corrected chi connectivity index (χ1v) is 9.16. The van der Waals surface area contributed by atoms with Crippen LogP contribution in [0.3, 0.4) is 0 Å². The molecule has 4 rings (SSSR count). The quantitative estimate of drug-likeness (QED) is 0.875. The number of aryl methyl sites for hydroxylation is 1. The number of hydrogen-bond donors (Lipinski definition) is 2. The Hall–Kier alpha value is -2.08. The Morgan fingerprint density at radius 3 is 2.80 bits per heavy atom. The number of aliphatic hydroxyl groups is 1. The second-order valence-corrected chi connectivity index (χ2v) is 7.29. The van der Waals surface area contributed by atoms with Gasteiger partial charge in [0.1, 0.15) is 18.0 Å². The van der Waals surface area contributed by atoms with Gasteiger partial charge in [-0.05, 0) is 30.9 Å².